The minimum absolute atomic E-state index is 0.0156. The number of ketones is 1. The quantitative estimate of drug-likeness (QED) is 0.153. The Hall–Kier alpha value is -5.25. The van der Waals surface area contributed by atoms with Crippen molar-refractivity contribution in [1.29, 1.82) is 5.26 Å². The van der Waals surface area contributed by atoms with Crippen LogP contribution in [0.1, 0.15) is 104 Å². The van der Waals surface area contributed by atoms with Crippen molar-refractivity contribution in [3.63, 3.8) is 0 Å². The lowest BCUT2D eigenvalue weighted by Gasteiger charge is -2.39. The molecule has 0 saturated carbocycles. The van der Waals surface area contributed by atoms with Gasteiger partial charge in [-0.1, -0.05) is 40.7 Å². The number of hydrogen-bond donors (Lipinski definition) is 4. The first kappa shape index (κ1) is 40.0. The molecule has 2 amide bonds. The molecule has 2 saturated heterocycles. The molecule has 0 radical (unpaired) electrons. The lowest BCUT2D eigenvalue weighted by molar-refractivity contribution is -0.131. The molecule has 2 aromatic carbocycles. The first-order valence-electron chi connectivity index (χ1n) is 20.5. The van der Waals surface area contributed by atoms with Gasteiger partial charge in [-0.15, -0.1) is 0 Å². The summed E-state index contributed by atoms with van der Waals surface area (Å²) in [6.07, 6.45) is 7.50. The van der Waals surface area contributed by atoms with Crippen LogP contribution in [-0.2, 0) is 27.8 Å². The number of piperazine rings is 1. The number of aromatic nitrogens is 2. The maximum atomic E-state index is 14.1. The Balaban J connectivity index is 0.906. The maximum absolute atomic E-state index is 14.1. The Morgan fingerprint density at radius 3 is 2.56 bits per heavy atom. The van der Waals surface area contributed by atoms with Crippen molar-refractivity contribution in [3.8, 4) is 6.07 Å². The van der Waals surface area contributed by atoms with Gasteiger partial charge < -0.3 is 36.5 Å². The van der Waals surface area contributed by atoms with E-state index in [1.54, 1.807) is 18.5 Å². The van der Waals surface area contributed by atoms with E-state index in [1.165, 1.54) is 0 Å². The predicted octanol–water partition coefficient (Wildman–Crippen LogP) is 5.06. The number of hydrogen-bond acceptors (Lipinski definition) is 9. The molecule has 0 bridgehead atoms. The van der Waals surface area contributed by atoms with Crippen LogP contribution in [-0.4, -0.2) is 95.3 Å². The summed E-state index contributed by atoms with van der Waals surface area (Å²) in [5.41, 5.74) is 20.4. The number of aromatic amines is 1. The van der Waals surface area contributed by atoms with Crippen LogP contribution in [0.5, 0.6) is 0 Å². The van der Waals surface area contributed by atoms with E-state index in [9.17, 15) is 19.6 Å². The Morgan fingerprint density at radius 2 is 1.84 bits per heavy atom. The predicted molar refractivity (Wildman–Crippen MR) is 224 cm³/mol. The van der Waals surface area contributed by atoms with Crippen molar-refractivity contribution >= 4 is 39.9 Å². The molecule has 3 aliphatic rings. The largest absolute Gasteiger partial charge is 0.397 e. The average molecular weight is 772 g/mol. The fourth-order valence-corrected chi connectivity index (χ4v) is 9.22. The summed E-state index contributed by atoms with van der Waals surface area (Å²) in [6, 6.07) is 13.3. The number of nitriles is 1. The van der Waals surface area contributed by atoms with Crippen LogP contribution in [0, 0.1) is 16.7 Å². The molecule has 4 heterocycles. The zero-order chi connectivity index (χ0) is 40.6. The number of carbonyl (C=O) groups is 3. The third-order valence-electron chi connectivity index (χ3n) is 12.7. The minimum atomic E-state index is -0.582. The Labute approximate surface area is 336 Å². The fourth-order valence-electron chi connectivity index (χ4n) is 9.22. The van der Waals surface area contributed by atoms with E-state index < -0.39 is 11.5 Å². The summed E-state index contributed by atoms with van der Waals surface area (Å²) in [4.78, 5) is 54.8. The molecule has 7 rings (SSSR count). The number of carbonyl (C=O) groups excluding carboxylic acids is 3. The van der Waals surface area contributed by atoms with Crippen LogP contribution in [0.15, 0.2) is 48.8 Å². The number of H-pyrrole nitrogens is 1. The number of amides is 2. The fraction of sp³-hybridized carbons (Fsp3) is 0.489. The number of anilines is 2. The molecule has 6 N–H and O–H groups in total. The van der Waals surface area contributed by atoms with Gasteiger partial charge in [0.05, 0.1) is 35.1 Å². The van der Waals surface area contributed by atoms with Gasteiger partial charge in [-0.3, -0.25) is 19.4 Å². The number of nitrogen functional groups attached to an aromatic ring is 1. The molecular weight excluding hydrogens is 715 g/mol. The molecule has 1 aliphatic carbocycles. The number of nitrogens with one attached hydrogen (secondary N) is 2. The van der Waals surface area contributed by atoms with Gasteiger partial charge in [0, 0.05) is 91.2 Å². The van der Waals surface area contributed by atoms with Gasteiger partial charge in [-0.2, -0.15) is 5.26 Å². The lowest BCUT2D eigenvalue weighted by atomic mass is 9.70. The molecule has 0 unspecified atom stereocenters. The summed E-state index contributed by atoms with van der Waals surface area (Å²) in [5.74, 6) is 0.0742. The van der Waals surface area contributed by atoms with Crippen LogP contribution in [0.25, 0.3) is 10.9 Å². The van der Waals surface area contributed by atoms with E-state index >= 15 is 0 Å². The van der Waals surface area contributed by atoms with Crippen LogP contribution in [0.3, 0.4) is 0 Å². The van der Waals surface area contributed by atoms with E-state index in [0.717, 1.165) is 103 Å². The number of nitrogens with zero attached hydrogens (tertiary/aromatic N) is 5. The van der Waals surface area contributed by atoms with Crippen molar-refractivity contribution in [1.82, 2.24) is 25.1 Å². The first-order valence-corrected chi connectivity index (χ1v) is 20.5. The third-order valence-corrected chi connectivity index (χ3v) is 12.7. The molecule has 2 aliphatic heterocycles. The molecule has 2 fully saturated rings. The molecular formula is C45H57N9O3. The number of benzene rings is 2. The van der Waals surface area contributed by atoms with E-state index in [-0.39, 0.29) is 29.1 Å². The normalized spacial score (nSPS) is 19.2. The average Bonchev–Trinajstić information content (AvgIpc) is 3.73. The van der Waals surface area contributed by atoms with Gasteiger partial charge >= 0.3 is 0 Å². The van der Waals surface area contributed by atoms with E-state index in [1.807, 2.05) is 23.1 Å². The minimum Gasteiger partial charge on any atom is -0.397 e. The number of pyridine rings is 1. The van der Waals surface area contributed by atoms with E-state index in [2.05, 4.69) is 77.9 Å². The second-order valence-corrected chi connectivity index (χ2v) is 17.4. The maximum Gasteiger partial charge on any atom is 0.237 e. The zero-order valence-electron chi connectivity index (χ0n) is 34.1. The highest BCUT2D eigenvalue weighted by Gasteiger charge is 2.42. The van der Waals surface area contributed by atoms with Crippen molar-refractivity contribution in [2.75, 3.05) is 56.4 Å². The van der Waals surface area contributed by atoms with Gasteiger partial charge in [0.15, 0.2) is 5.78 Å². The van der Waals surface area contributed by atoms with E-state index in [0.29, 0.717) is 42.7 Å². The second-order valence-electron chi connectivity index (χ2n) is 17.4. The standard InChI is InChI=1S/C45H57N9O3/c1-6-29-22-32-33(45(4,5)42-40(41(32)56)31-13-12-28(24-46)21-36(31)50-42)23-37(29)53-17-19-54(20-18-53)39(55)11-8-16-52-26-38(44(2,3)27-52)51-43(57)34(47)10-7-9-30-14-15-49-25-35(30)48/h12-15,21-23,25,34,38,50H,6-11,16-20,26-27,47-48H2,1-5H3,(H,51,57)/t34-,38-/m0/s1. The number of aryl methyl sites for hydroxylation is 2. The summed E-state index contributed by atoms with van der Waals surface area (Å²) in [5, 5.41) is 13.5. The van der Waals surface area contributed by atoms with Crippen LogP contribution < -0.4 is 21.7 Å². The molecule has 12 nitrogen and oxygen atoms in total. The Kier molecular flexibility index (Phi) is 11.2. The number of nitrogens with two attached hydrogens (primary N) is 2. The number of rotatable bonds is 12. The Bertz CT molecular complexity index is 2230. The smallest absolute Gasteiger partial charge is 0.237 e. The SMILES string of the molecule is CCc1cc2c(cc1N1CCN(C(=O)CCCN3C[C@H](NC(=O)[C@@H](N)CCCc4ccncc4N)C(C)(C)C3)CC1)C(C)(C)c1[nH]c3cc(C#N)ccc3c1C2=O. The number of fused-ring (bicyclic) bond motifs is 4. The topological polar surface area (TPSA) is 177 Å². The highest BCUT2D eigenvalue weighted by molar-refractivity contribution is 6.20. The summed E-state index contributed by atoms with van der Waals surface area (Å²) in [7, 11) is 0. The van der Waals surface area contributed by atoms with E-state index in [4.69, 9.17) is 11.5 Å². The van der Waals surface area contributed by atoms with Crippen molar-refractivity contribution in [2.24, 2.45) is 11.1 Å². The molecule has 2 aromatic heterocycles. The van der Waals surface area contributed by atoms with Crippen molar-refractivity contribution in [2.45, 2.75) is 90.6 Å². The van der Waals surface area contributed by atoms with Crippen LogP contribution in [0.4, 0.5) is 11.4 Å². The lowest BCUT2D eigenvalue weighted by Crippen LogP contribution is -2.50. The zero-order valence-corrected chi connectivity index (χ0v) is 34.1. The van der Waals surface area contributed by atoms with Gasteiger partial charge in [-0.05, 0) is 91.1 Å². The monoisotopic (exact) mass is 771 g/mol. The molecule has 12 heteroatoms. The van der Waals surface area contributed by atoms with Gasteiger partial charge in [0.2, 0.25) is 11.8 Å². The number of likely N-dealkylation sites (tertiary alicyclic amines) is 1. The summed E-state index contributed by atoms with van der Waals surface area (Å²) < 4.78 is 0. The van der Waals surface area contributed by atoms with Gasteiger partial charge in [0.1, 0.15) is 0 Å². The van der Waals surface area contributed by atoms with Gasteiger partial charge in [-0.25, -0.2) is 0 Å². The molecule has 300 valence electrons. The molecule has 0 spiro atoms. The summed E-state index contributed by atoms with van der Waals surface area (Å²) in [6.45, 7) is 15.9. The highest BCUT2D eigenvalue weighted by atomic mass is 16.2. The molecule has 2 atom stereocenters. The highest BCUT2D eigenvalue weighted by Crippen LogP contribution is 2.46. The molecule has 57 heavy (non-hydrogen) atoms. The Morgan fingerprint density at radius 1 is 1.07 bits per heavy atom. The second kappa shape index (κ2) is 15.9. The first-order chi connectivity index (χ1) is 27.2. The third kappa shape index (κ3) is 7.88. The molecule has 4 aromatic rings. The van der Waals surface area contributed by atoms with Crippen LogP contribution in [0.2, 0.25) is 0 Å². The van der Waals surface area contributed by atoms with Crippen LogP contribution >= 0.6 is 0 Å². The summed E-state index contributed by atoms with van der Waals surface area (Å²) >= 11 is 0. The van der Waals surface area contributed by atoms with Crippen molar-refractivity contribution < 1.29 is 14.4 Å². The van der Waals surface area contributed by atoms with Gasteiger partial charge in [0.25, 0.3) is 0 Å². The van der Waals surface area contributed by atoms with Crippen molar-refractivity contribution in [3.05, 3.63) is 87.9 Å².